The lowest BCUT2D eigenvalue weighted by atomic mass is 10.0. The van der Waals surface area contributed by atoms with E-state index in [1.807, 2.05) is 24.3 Å². The van der Waals surface area contributed by atoms with Crippen molar-refractivity contribution in [3.63, 3.8) is 0 Å². The van der Waals surface area contributed by atoms with Gasteiger partial charge in [-0.05, 0) is 57.2 Å². The molecule has 2 N–H and O–H groups in total. The van der Waals surface area contributed by atoms with E-state index < -0.39 is 11.7 Å². The Morgan fingerprint density at radius 1 is 1.25 bits per heavy atom. The number of ether oxygens (including phenoxy) is 1. The van der Waals surface area contributed by atoms with E-state index in [9.17, 15) is 9.59 Å². The highest BCUT2D eigenvalue weighted by Crippen LogP contribution is 2.41. The van der Waals surface area contributed by atoms with Crippen LogP contribution in [-0.4, -0.2) is 24.1 Å². The molecule has 1 atom stereocenters. The lowest BCUT2D eigenvalue weighted by Crippen LogP contribution is -2.36. The van der Waals surface area contributed by atoms with E-state index in [0.29, 0.717) is 10.9 Å². The van der Waals surface area contributed by atoms with Gasteiger partial charge in [-0.1, -0.05) is 23.7 Å². The minimum atomic E-state index is -0.544. The number of hydrogen-bond acceptors (Lipinski definition) is 3. The third kappa shape index (κ3) is 6.40. The Morgan fingerprint density at radius 2 is 1.88 bits per heavy atom. The Hall–Kier alpha value is -1.75. The van der Waals surface area contributed by atoms with Crippen LogP contribution in [0, 0.1) is 5.92 Å². The molecule has 0 radical (unpaired) electrons. The van der Waals surface area contributed by atoms with Gasteiger partial charge in [0.25, 0.3) is 0 Å². The molecule has 1 aliphatic rings. The molecule has 0 aliphatic heterocycles. The minimum Gasteiger partial charge on any atom is -0.444 e. The first-order valence-electron chi connectivity index (χ1n) is 8.26. The number of carbonyl (C=O) groups excluding carboxylic acids is 2. The molecule has 1 fully saturated rings. The standard InChI is InChI=1S/C18H25ClN2O3/c1-18(2,3)24-17(23)20-11-10-15(22)21-16(12-4-5-12)13-6-8-14(19)9-7-13/h6-9,12,16H,4-5,10-11H2,1-3H3,(H,20,23)(H,21,22). The van der Waals surface area contributed by atoms with Crippen LogP contribution < -0.4 is 10.6 Å². The van der Waals surface area contributed by atoms with Crippen molar-refractivity contribution in [2.75, 3.05) is 6.54 Å². The summed E-state index contributed by atoms with van der Waals surface area (Å²) in [6.07, 6.45) is 1.94. The lowest BCUT2D eigenvalue weighted by molar-refractivity contribution is -0.121. The fourth-order valence-corrected chi connectivity index (χ4v) is 2.54. The van der Waals surface area contributed by atoms with Crippen LogP contribution in [0.4, 0.5) is 4.79 Å². The van der Waals surface area contributed by atoms with Gasteiger partial charge in [-0.2, -0.15) is 0 Å². The van der Waals surface area contributed by atoms with Crippen LogP contribution >= 0.6 is 11.6 Å². The second-order valence-electron chi connectivity index (χ2n) is 7.11. The largest absolute Gasteiger partial charge is 0.444 e. The normalized spacial score (nSPS) is 15.5. The SMILES string of the molecule is CC(C)(C)OC(=O)NCCC(=O)NC(c1ccc(Cl)cc1)C1CC1. The second kappa shape index (κ2) is 7.88. The number of rotatable bonds is 6. The van der Waals surface area contributed by atoms with Crippen molar-refractivity contribution in [2.24, 2.45) is 5.92 Å². The molecular weight excluding hydrogens is 328 g/mol. The number of benzene rings is 1. The molecule has 2 rings (SSSR count). The summed E-state index contributed by atoms with van der Waals surface area (Å²) in [6, 6.07) is 7.58. The van der Waals surface area contributed by atoms with E-state index in [1.165, 1.54) is 0 Å². The third-order valence-electron chi connectivity index (χ3n) is 3.66. The van der Waals surface area contributed by atoms with E-state index >= 15 is 0 Å². The van der Waals surface area contributed by atoms with Crippen molar-refractivity contribution in [3.8, 4) is 0 Å². The van der Waals surface area contributed by atoms with Crippen molar-refractivity contribution in [1.82, 2.24) is 10.6 Å². The molecule has 0 heterocycles. The summed E-state index contributed by atoms with van der Waals surface area (Å²) in [5.41, 5.74) is 0.521. The summed E-state index contributed by atoms with van der Waals surface area (Å²) in [6.45, 7) is 5.64. The molecule has 2 amide bonds. The summed E-state index contributed by atoms with van der Waals surface area (Å²) in [5.74, 6) is 0.395. The highest BCUT2D eigenvalue weighted by atomic mass is 35.5. The quantitative estimate of drug-likeness (QED) is 0.817. The van der Waals surface area contributed by atoms with Gasteiger partial charge >= 0.3 is 6.09 Å². The van der Waals surface area contributed by atoms with Gasteiger partial charge in [-0.25, -0.2) is 4.79 Å². The topological polar surface area (TPSA) is 67.4 Å². The van der Waals surface area contributed by atoms with Crippen molar-refractivity contribution >= 4 is 23.6 Å². The number of halogens is 1. The fourth-order valence-electron chi connectivity index (χ4n) is 2.41. The van der Waals surface area contributed by atoms with Gasteiger partial charge in [0, 0.05) is 18.0 Å². The molecular formula is C18H25ClN2O3. The number of nitrogens with one attached hydrogen (secondary N) is 2. The Bertz CT molecular complexity index is 577. The molecule has 0 spiro atoms. The van der Waals surface area contributed by atoms with Crippen LogP contribution in [0.1, 0.15) is 51.6 Å². The minimum absolute atomic E-state index is 0.0105. The van der Waals surface area contributed by atoms with Gasteiger partial charge in [0.1, 0.15) is 5.60 Å². The van der Waals surface area contributed by atoms with Crippen LogP contribution in [0.5, 0.6) is 0 Å². The number of hydrogen-bond donors (Lipinski definition) is 2. The van der Waals surface area contributed by atoms with E-state index in [0.717, 1.165) is 18.4 Å². The zero-order chi connectivity index (χ0) is 17.7. The highest BCUT2D eigenvalue weighted by molar-refractivity contribution is 6.30. The monoisotopic (exact) mass is 352 g/mol. The maximum atomic E-state index is 12.2. The first-order valence-corrected chi connectivity index (χ1v) is 8.64. The molecule has 0 saturated heterocycles. The summed E-state index contributed by atoms with van der Waals surface area (Å²) in [4.78, 5) is 23.7. The lowest BCUT2D eigenvalue weighted by Gasteiger charge is -2.20. The van der Waals surface area contributed by atoms with E-state index in [1.54, 1.807) is 20.8 Å². The van der Waals surface area contributed by atoms with E-state index in [4.69, 9.17) is 16.3 Å². The summed E-state index contributed by atoms with van der Waals surface area (Å²) >= 11 is 5.92. The van der Waals surface area contributed by atoms with Crippen molar-refractivity contribution < 1.29 is 14.3 Å². The smallest absolute Gasteiger partial charge is 0.407 e. The molecule has 132 valence electrons. The van der Waals surface area contributed by atoms with Gasteiger partial charge < -0.3 is 15.4 Å². The molecule has 0 aromatic heterocycles. The third-order valence-corrected chi connectivity index (χ3v) is 3.91. The van der Waals surface area contributed by atoms with E-state index in [2.05, 4.69) is 10.6 Å². The number of carbonyl (C=O) groups is 2. The molecule has 1 aromatic carbocycles. The molecule has 1 saturated carbocycles. The van der Waals surface area contributed by atoms with Gasteiger partial charge in [0.15, 0.2) is 0 Å². The summed E-state index contributed by atoms with van der Waals surface area (Å²) in [7, 11) is 0. The fraction of sp³-hybridized carbons (Fsp3) is 0.556. The predicted octanol–water partition coefficient (Wildman–Crippen LogP) is 3.82. The first kappa shape index (κ1) is 18.6. The predicted molar refractivity (Wildman–Crippen MR) is 93.9 cm³/mol. The van der Waals surface area contributed by atoms with Crippen LogP contribution in [0.2, 0.25) is 5.02 Å². The maximum Gasteiger partial charge on any atom is 0.407 e. The van der Waals surface area contributed by atoms with Crippen molar-refractivity contribution in [2.45, 2.75) is 51.7 Å². The van der Waals surface area contributed by atoms with Gasteiger partial charge in [-0.3, -0.25) is 4.79 Å². The number of alkyl carbamates (subject to hydrolysis) is 1. The van der Waals surface area contributed by atoms with Crippen LogP contribution in [0.15, 0.2) is 24.3 Å². The van der Waals surface area contributed by atoms with Crippen LogP contribution in [-0.2, 0) is 9.53 Å². The molecule has 0 bridgehead atoms. The van der Waals surface area contributed by atoms with Crippen molar-refractivity contribution in [3.05, 3.63) is 34.9 Å². The maximum absolute atomic E-state index is 12.2. The van der Waals surface area contributed by atoms with Crippen molar-refractivity contribution in [1.29, 1.82) is 0 Å². The average Bonchev–Trinajstić information content (AvgIpc) is 3.28. The summed E-state index contributed by atoms with van der Waals surface area (Å²) in [5, 5.41) is 6.34. The van der Waals surface area contributed by atoms with Gasteiger partial charge in [0.2, 0.25) is 5.91 Å². The zero-order valence-electron chi connectivity index (χ0n) is 14.4. The Labute approximate surface area is 148 Å². The van der Waals surface area contributed by atoms with Crippen LogP contribution in [0.25, 0.3) is 0 Å². The first-order chi connectivity index (χ1) is 11.2. The molecule has 6 heteroatoms. The molecule has 24 heavy (non-hydrogen) atoms. The molecule has 1 aliphatic carbocycles. The van der Waals surface area contributed by atoms with Crippen LogP contribution in [0.3, 0.4) is 0 Å². The zero-order valence-corrected chi connectivity index (χ0v) is 15.2. The molecule has 1 unspecified atom stereocenters. The second-order valence-corrected chi connectivity index (χ2v) is 7.55. The van der Waals surface area contributed by atoms with Gasteiger partial charge in [0.05, 0.1) is 6.04 Å². The Kier molecular flexibility index (Phi) is 6.10. The van der Waals surface area contributed by atoms with Gasteiger partial charge in [-0.15, -0.1) is 0 Å². The number of amides is 2. The molecule has 1 aromatic rings. The Balaban J connectivity index is 1.79. The Morgan fingerprint density at radius 3 is 2.42 bits per heavy atom. The van der Waals surface area contributed by atoms with E-state index in [-0.39, 0.29) is 24.9 Å². The summed E-state index contributed by atoms with van der Waals surface area (Å²) < 4.78 is 5.14. The average molecular weight is 353 g/mol. The highest BCUT2D eigenvalue weighted by Gasteiger charge is 2.33. The molecule has 5 nitrogen and oxygen atoms in total.